The molecule has 31 heavy (non-hydrogen) atoms. The number of carbonyl (C=O) groups is 3. The minimum atomic E-state index is -0.0965. The van der Waals surface area contributed by atoms with Crippen LogP contribution in [0.2, 0.25) is 0 Å². The molecule has 8 heteroatoms. The lowest BCUT2D eigenvalue weighted by Gasteiger charge is -2.31. The van der Waals surface area contributed by atoms with Crippen LogP contribution in [-0.4, -0.2) is 56.0 Å². The van der Waals surface area contributed by atoms with Crippen molar-refractivity contribution in [2.75, 3.05) is 33.4 Å². The second-order valence-electron chi connectivity index (χ2n) is 7.56. The van der Waals surface area contributed by atoms with Gasteiger partial charge in [0.25, 0.3) is 11.8 Å². The molecular formula is C23H29N3O4S. The van der Waals surface area contributed by atoms with Gasteiger partial charge in [0.2, 0.25) is 5.91 Å². The predicted molar refractivity (Wildman–Crippen MR) is 120 cm³/mol. The van der Waals surface area contributed by atoms with E-state index in [4.69, 9.17) is 4.74 Å². The van der Waals surface area contributed by atoms with Gasteiger partial charge in [0.05, 0.1) is 4.88 Å². The van der Waals surface area contributed by atoms with Crippen LogP contribution < -0.4 is 10.6 Å². The van der Waals surface area contributed by atoms with E-state index < -0.39 is 0 Å². The van der Waals surface area contributed by atoms with Gasteiger partial charge in [-0.2, -0.15) is 0 Å². The highest BCUT2D eigenvalue weighted by atomic mass is 32.1. The second-order valence-corrected chi connectivity index (χ2v) is 8.51. The topological polar surface area (TPSA) is 87.7 Å². The molecule has 1 fully saturated rings. The first-order valence-corrected chi connectivity index (χ1v) is 11.4. The van der Waals surface area contributed by atoms with Crippen LogP contribution in [0, 0.1) is 5.92 Å². The molecule has 0 unspecified atom stereocenters. The van der Waals surface area contributed by atoms with Crippen LogP contribution in [0.1, 0.15) is 44.9 Å². The van der Waals surface area contributed by atoms with E-state index in [-0.39, 0.29) is 23.6 Å². The van der Waals surface area contributed by atoms with Crippen LogP contribution in [0.4, 0.5) is 0 Å². The van der Waals surface area contributed by atoms with Crippen molar-refractivity contribution in [2.45, 2.75) is 25.8 Å². The van der Waals surface area contributed by atoms with Gasteiger partial charge in [-0.3, -0.25) is 14.4 Å². The summed E-state index contributed by atoms with van der Waals surface area (Å²) in [6, 6.07) is 11.0. The Morgan fingerprint density at radius 1 is 1.10 bits per heavy atom. The third kappa shape index (κ3) is 6.63. The summed E-state index contributed by atoms with van der Waals surface area (Å²) < 4.78 is 4.98. The van der Waals surface area contributed by atoms with Gasteiger partial charge in [-0.05, 0) is 48.4 Å². The van der Waals surface area contributed by atoms with Crippen LogP contribution in [0.25, 0.3) is 0 Å². The highest BCUT2D eigenvalue weighted by molar-refractivity contribution is 7.12. The largest absolute Gasteiger partial charge is 0.385 e. The molecule has 0 bridgehead atoms. The number of benzene rings is 1. The summed E-state index contributed by atoms with van der Waals surface area (Å²) in [4.78, 5) is 39.6. The van der Waals surface area contributed by atoms with Crippen molar-refractivity contribution in [2.24, 2.45) is 5.92 Å². The van der Waals surface area contributed by atoms with Crippen molar-refractivity contribution in [3.8, 4) is 0 Å². The van der Waals surface area contributed by atoms with Gasteiger partial charge in [0.15, 0.2) is 0 Å². The summed E-state index contributed by atoms with van der Waals surface area (Å²) in [6.45, 7) is 2.82. The van der Waals surface area contributed by atoms with E-state index in [2.05, 4.69) is 10.6 Å². The van der Waals surface area contributed by atoms with Gasteiger partial charge in [0.1, 0.15) is 0 Å². The number of thiophene rings is 1. The first-order valence-electron chi connectivity index (χ1n) is 10.5. The van der Waals surface area contributed by atoms with E-state index in [1.807, 2.05) is 28.5 Å². The normalized spacial score (nSPS) is 14.3. The molecule has 1 saturated heterocycles. The molecule has 0 radical (unpaired) electrons. The van der Waals surface area contributed by atoms with Crippen LogP contribution in [0.5, 0.6) is 0 Å². The van der Waals surface area contributed by atoms with E-state index >= 15 is 0 Å². The van der Waals surface area contributed by atoms with Crippen molar-refractivity contribution < 1.29 is 19.1 Å². The standard InChI is InChI=1S/C23H29N3O4S/c1-30-14-3-11-24-21(27)18-9-12-26(13-10-18)23(29)19-7-5-17(6-8-19)16-25-22(28)20-4-2-15-31-20/h2,4-8,15,18H,3,9-14,16H2,1H3,(H,24,27)(H,25,28). The molecule has 1 aliphatic rings. The first kappa shape index (κ1) is 23.0. The Morgan fingerprint density at radius 3 is 2.48 bits per heavy atom. The smallest absolute Gasteiger partial charge is 0.261 e. The van der Waals surface area contributed by atoms with Crippen molar-refractivity contribution in [3.63, 3.8) is 0 Å². The number of methoxy groups -OCH3 is 1. The molecule has 1 aromatic heterocycles. The number of nitrogens with zero attached hydrogens (tertiary/aromatic N) is 1. The molecule has 2 N–H and O–H groups in total. The maximum absolute atomic E-state index is 12.8. The van der Waals surface area contributed by atoms with Crippen LogP contribution in [0.3, 0.4) is 0 Å². The monoisotopic (exact) mass is 443 g/mol. The number of nitrogens with one attached hydrogen (secondary N) is 2. The van der Waals surface area contributed by atoms with Gasteiger partial charge in [-0.1, -0.05) is 18.2 Å². The fourth-order valence-corrected chi connectivity index (χ4v) is 4.18. The van der Waals surface area contributed by atoms with Gasteiger partial charge >= 0.3 is 0 Å². The van der Waals surface area contributed by atoms with Crippen molar-refractivity contribution in [1.29, 1.82) is 0 Å². The SMILES string of the molecule is COCCCNC(=O)C1CCN(C(=O)c2ccc(CNC(=O)c3cccs3)cc2)CC1. The molecule has 0 spiro atoms. The van der Waals surface area contributed by atoms with E-state index in [9.17, 15) is 14.4 Å². The third-order valence-corrected chi connectivity index (χ3v) is 6.24. The third-order valence-electron chi connectivity index (χ3n) is 5.38. The molecule has 0 saturated carbocycles. The summed E-state index contributed by atoms with van der Waals surface area (Å²) in [7, 11) is 1.65. The molecular weight excluding hydrogens is 414 g/mol. The zero-order valence-electron chi connectivity index (χ0n) is 17.8. The van der Waals surface area contributed by atoms with E-state index in [1.54, 1.807) is 25.3 Å². The molecule has 2 heterocycles. The van der Waals surface area contributed by atoms with Crippen LogP contribution in [0.15, 0.2) is 41.8 Å². The van der Waals surface area contributed by atoms with E-state index in [0.717, 1.165) is 12.0 Å². The fourth-order valence-electron chi connectivity index (χ4n) is 3.54. The van der Waals surface area contributed by atoms with Crippen molar-refractivity contribution >= 4 is 29.1 Å². The molecule has 1 aromatic carbocycles. The number of hydrogen-bond donors (Lipinski definition) is 2. The molecule has 166 valence electrons. The molecule has 3 rings (SSSR count). The number of amides is 3. The van der Waals surface area contributed by atoms with Crippen LogP contribution in [-0.2, 0) is 16.1 Å². The number of likely N-dealkylation sites (tertiary alicyclic amines) is 1. The minimum Gasteiger partial charge on any atom is -0.385 e. The summed E-state index contributed by atoms with van der Waals surface area (Å²) in [5.41, 5.74) is 1.56. The van der Waals surface area contributed by atoms with Crippen molar-refractivity contribution in [3.05, 3.63) is 57.8 Å². The highest BCUT2D eigenvalue weighted by Crippen LogP contribution is 2.19. The highest BCUT2D eigenvalue weighted by Gasteiger charge is 2.27. The number of carbonyl (C=O) groups excluding carboxylic acids is 3. The fraction of sp³-hybridized carbons (Fsp3) is 0.435. The number of rotatable bonds is 9. The number of ether oxygens (including phenoxy) is 1. The summed E-state index contributed by atoms with van der Waals surface area (Å²) in [5.74, 6) is -0.0908. The molecule has 7 nitrogen and oxygen atoms in total. The number of hydrogen-bond acceptors (Lipinski definition) is 5. The van der Waals surface area contributed by atoms with Crippen LogP contribution >= 0.6 is 11.3 Å². The lowest BCUT2D eigenvalue weighted by Crippen LogP contribution is -2.43. The van der Waals surface area contributed by atoms with Gasteiger partial charge in [0, 0.05) is 51.4 Å². The Balaban J connectivity index is 1.43. The quantitative estimate of drug-likeness (QED) is 0.584. The number of piperidine rings is 1. The maximum Gasteiger partial charge on any atom is 0.261 e. The summed E-state index contributed by atoms with van der Waals surface area (Å²) in [5, 5.41) is 7.70. The van der Waals surface area contributed by atoms with E-state index in [0.29, 0.717) is 56.1 Å². The lowest BCUT2D eigenvalue weighted by atomic mass is 9.95. The second kappa shape index (κ2) is 11.6. The molecule has 0 atom stereocenters. The Hall–Kier alpha value is -2.71. The summed E-state index contributed by atoms with van der Waals surface area (Å²) in [6.07, 6.45) is 2.15. The van der Waals surface area contributed by atoms with Gasteiger partial charge in [-0.15, -0.1) is 11.3 Å². The van der Waals surface area contributed by atoms with E-state index in [1.165, 1.54) is 11.3 Å². The maximum atomic E-state index is 12.8. The van der Waals surface area contributed by atoms with Crippen molar-refractivity contribution in [1.82, 2.24) is 15.5 Å². The molecule has 2 aromatic rings. The van der Waals surface area contributed by atoms with Gasteiger partial charge < -0.3 is 20.3 Å². The molecule has 3 amide bonds. The first-order chi connectivity index (χ1) is 15.1. The Kier molecular flexibility index (Phi) is 8.61. The van der Waals surface area contributed by atoms with Gasteiger partial charge in [-0.25, -0.2) is 0 Å². The minimum absolute atomic E-state index is 0.0203. The lowest BCUT2D eigenvalue weighted by molar-refractivity contribution is -0.126. The Morgan fingerprint density at radius 2 is 1.84 bits per heavy atom. The average molecular weight is 444 g/mol. The molecule has 1 aliphatic heterocycles. The summed E-state index contributed by atoms with van der Waals surface area (Å²) >= 11 is 1.40. The zero-order chi connectivity index (χ0) is 22.1. The Labute approximate surface area is 186 Å². The zero-order valence-corrected chi connectivity index (χ0v) is 18.6. The average Bonchev–Trinajstić information content (AvgIpc) is 3.35. The Bertz CT molecular complexity index is 859. The predicted octanol–water partition coefficient (Wildman–Crippen LogP) is 2.68. The molecule has 0 aliphatic carbocycles.